The third-order valence-corrected chi connectivity index (χ3v) is 3.24. The van der Waals surface area contributed by atoms with Gasteiger partial charge in [0, 0.05) is 6.54 Å². The van der Waals surface area contributed by atoms with E-state index < -0.39 is 0 Å². The molecule has 0 bridgehead atoms. The van der Waals surface area contributed by atoms with Crippen LogP contribution in [0.4, 0.5) is 0 Å². The molecule has 0 N–H and O–H groups in total. The van der Waals surface area contributed by atoms with Gasteiger partial charge in [0.25, 0.3) is 0 Å². The van der Waals surface area contributed by atoms with Gasteiger partial charge >= 0.3 is 0 Å². The first-order valence-corrected chi connectivity index (χ1v) is 6.09. The van der Waals surface area contributed by atoms with Crippen molar-refractivity contribution in [1.82, 2.24) is 4.90 Å². The highest BCUT2D eigenvalue weighted by Gasteiger charge is 2.06. The predicted octanol–water partition coefficient (Wildman–Crippen LogP) is 3.10. The summed E-state index contributed by atoms with van der Waals surface area (Å²) in [5, 5.41) is 0. The topological polar surface area (TPSA) is 12.5 Å². The Bertz CT molecular complexity index is 315. The normalized spacial score (nSPS) is 10.8. The molecule has 0 aliphatic rings. The SMILES string of the molecule is COc1c(C)cc(CN(C)CBr)cc1C. The molecule has 1 rings (SSSR count). The van der Waals surface area contributed by atoms with Crippen LogP contribution in [0.2, 0.25) is 0 Å². The van der Waals surface area contributed by atoms with Crippen molar-refractivity contribution in [2.45, 2.75) is 20.4 Å². The van der Waals surface area contributed by atoms with Crippen molar-refractivity contribution in [3.8, 4) is 5.75 Å². The molecule has 15 heavy (non-hydrogen) atoms. The van der Waals surface area contributed by atoms with Gasteiger partial charge in [-0.1, -0.05) is 28.1 Å². The van der Waals surface area contributed by atoms with Crippen LogP contribution in [0.1, 0.15) is 16.7 Å². The molecule has 1 aromatic carbocycles. The van der Waals surface area contributed by atoms with Gasteiger partial charge in [-0.3, -0.25) is 4.90 Å². The fourth-order valence-electron chi connectivity index (χ4n) is 1.81. The molecule has 0 heterocycles. The molecule has 0 saturated carbocycles. The summed E-state index contributed by atoms with van der Waals surface area (Å²) in [7, 11) is 3.81. The summed E-state index contributed by atoms with van der Waals surface area (Å²) in [6.45, 7) is 5.13. The number of alkyl halides is 1. The Morgan fingerprint density at radius 3 is 2.20 bits per heavy atom. The first-order valence-electron chi connectivity index (χ1n) is 4.97. The van der Waals surface area contributed by atoms with Gasteiger partial charge in [-0.15, -0.1) is 0 Å². The highest BCUT2D eigenvalue weighted by Crippen LogP contribution is 2.24. The van der Waals surface area contributed by atoms with Gasteiger partial charge in [-0.2, -0.15) is 0 Å². The summed E-state index contributed by atoms with van der Waals surface area (Å²) in [5.74, 6) is 1.00. The lowest BCUT2D eigenvalue weighted by Gasteiger charge is -2.16. The summed E-state index contributed by atoms with van der Waals surface area (Å²) >= 11 is 3.44. The molecule has 0 spiro atoms. The second-order valence-corrected chi connectivity index (χ2v) is 4.40. The van der Waals surface area contributed by atoms with E-state index in [1.54, 1.807) is 7.11 Å². The van der Waals surface area contributed by atoms with Crippen molar-refractivity contribution in [3.05, 3.63) is 28.8 Å². The summed E-state index contributed by atoms with van der Waals surface area (Å²) in [5.41, 5.74) is 4.62. The largest absolute Gasteiger partial charge is 0.496 e. The van der Waals surface area contributed by atoms with Crippen LogP contribution in [0.5, 0.6) is 5.75 Å². The second-order valence-electron chi connectivity index (χ2n) is 3.90. The first kappa shape index (κ1) is 12.5. The minimum atomic E-state index is 0.886. The average molecular weight is 272 g/mol. The van der Waals surface area contributed by atoms with E-state index in [0.29, 0.717) is 0 Å². The van der Waals surface area contributed by atoms with E-state index in [9.17, 15) is 0 Å². The molecule has 2 nitrogen and oxygen atoms in total. The Kier molecular flexibility index (Phi) is 4.61. The minimum Gasteiger partial charge on any atom is -0.496 e. The Morgan fingerprint density at radius 2 is 1.80 bits per heavy atom. The number of hydrogen-bond acceptors (Lipinski definition) is 2. The lowest BCUT2D eigenvalue weighted by atomic mass is 10.1. The van der Waals surface area contributed by atoms with E-state index in [2.05, 4.69) is 53.9 Å². The maximum absolute atomic E-state index is 5.34. The van der Waals surface area contributed by atoms with Crippen LogP contribution in [-0.4, -0.2) is 24.5 Å². The zero-order valence-electron chi connectivity index (χ0n) is 9.80. The highest BCUT2D eigenvalue weighted by molar-refractivity contribution is 9.09. The molecular weight excluding hydrogens is 254 g/mol. The third-order valence-electron chi connectivity index (χ3n) is 2.38. The van der Waals surface area contributed by atoms with Gasteiger partial charge in [-0.05, 0) is 37.6 Å². The molecule has 3 heteroatoms. The Morgan fingerprint density at radius 1 is 1.27 bits per heavy atom. The average Bonchev–Trinajstić information content (AvgIpc) is 2.17. The van der Waals surface area contributed by atoms with E-state index in [-0.39, 0.29) is 0 Å². The molecule has 0 aliphatic heterocycles. The third kappa shape index (κ3) is 3.21. The van der Waals surface area contributed by atoms with Crippen molar-refractivity contribution >= 4 is 15.9 Å². The van der Waals surface area contributed by atoms with E-state index in [4.69, 9.17) is 4.74 Å². The Balaban J connectivity index is 2.93. The van der Waals surface area contributed by atoms with Gasteiger partial charge in [0.1, 0.15) is 5.75 Å². The summed E-state index contributed by atoms with van der Waals surface area (Å²) in [4.78, 5) is 2.21. The van der Waals surface area contributed by atoms with Gasteiger partial charge in [0.05, 0.1) is 12.6 Å². The van der Waals surface area contributed by atoms with Crippen LogP contribution in [-0.2, 0) is 6.54 Å². The van der Waals surface area contributed by atoms with Crippen LogP contribution in [0.25, 0.3) is 0 Å². The lowest BCUT2D eigenvalue weighted by molar-refractivity contribution is 0.387. The Hall–Kier alpha value is -0.540. The quantitative estimate of drug-likeness (QED) is 0.617. The number of ether oxygens (including phenoxy) is 1. The Labute approximate surface area is 100 Å². The lowest BCUT2D eigenvalue weighted by Crippen LogP contribution is -2.15. The number of methoxy groups -OCH3 is 1. The van der Waals surface area contributed by atoms with Crippen molar-refractivity contribution in [2.75, 3.05) is 19.6 Å². The molecule has 0 aromatic heterocycles. The van der Waals surface area contributed by atoms with E-state index in [1.807, 2.05) is 0 Å². The molecule has 1 aromatic rings. The molecule has 0 saturated heterocycles. The van der Waals surface area contributed by atoms with Crippen LogP contribution >= 0.6 is 15.9 Å². The molecule has 0 radical (unpaired) electrons. The molecule has 0 aliphatic carbocycles. The van der Waals surface area contributed by atoms with Gasteiger partial charge < -0.3 is 4.74 Å². The van der Waals surface area contributed by atoms with Crippen molar-refractivity contribution < 1.29 is 4.74 Å². The monoisotopic (exact) mass is 271 g/mol. The van der Waals surface area contributed by atoms with Gasteiger partial charge in [0.2, 0.25) is 0 Å². The molecular formula is C12H18BrNO. The smallest absolute Gasteiger partial charge is 0.124 e. The maximum atomic E-state index is 5.34. The number of nitrogens with zero attached hydrogens (tertiary/aromatic N) is 1. The van der Waals surface area contributed by atoms with Gasteiger partial charge in [0.15, 0.2) is 0 Å². The molecule has 0 atom stereocenters. The summed E-state index contributed by atoms with van der Waals surface area (Å²) < 4.78 is 5.34. The maximum Gasteiger partial charge on any atom is 0.124 e. The molecule has 0 unspecified atom stereocenters. The number of hydrogen-bond donors (Lipinski definition) is 0. The van der Waals surface area contributed by atoms with Crippen LogP contribution in [0.3, 0.4) is 0 Å². The highest BCUT2D eigenvalue weighted by atomic mass is 79.9. The summed E-state index contributed by atoms with van der Waals surface area (Å²) in [6, 6.07) is 4.37. The number of aryl methyl sites for hydroxylation is 2. The second kappa shape index (κ2) is 5.52. The van der Waals surface area contributed by atoms with Crippen LogP contribution in [0.15, 0.2) is 12.1 Å². The number of halogens is 1. The molecule has 0 fully saturated rings. The van der Waals surface area contributed by atoms with E-state index in [0.717, 1.165) is 17.7 Å². The van der Waals surface area contributed by atoms with Crippen LogP contribution in [0, 0.1) is 13.8 Å². The zero-order chi connectivity index (χ0) is 11.4. The zero-order valence-corrected chi connectivity index (χ0v) is 11.4. The predicted molar refractivity (Wildman–Crippen MR) is 67.7 cm³/mol. The molecule has 84 valence electrons. The van der Waals surface area contributed by atoms with Gasteiger partial charge in [-0.25, -0.2) is 0 Å². The van der Waals surface area contributed by atoms with E-state index in [1.165, 1.54) is 16.7 Å². The summed E-state index contributed by atoms with van der Waals surface area (Å²) in [6.07, 6.45) is 0. The molecule has 0 amide bonds. The van der Waals surface area contributed by atoms with Crippen LogP contribution < -0.4 is 4.74 Å². The number of rotatable bonds is 4. The fraction of sp³-hybridized carbons (Fsp3) is 0.500. The van der Waals surface area contributed by atoms with Crippen molar-refractivity contribution in [2.24, 2.45) is 0 Å². The van der Waals surface area contributed by atoms with Crippen molar-refractivity contribution in [1.29, 1.82) is 0 Å². The van der Waals surface area contributed by atoms with Crippen molar-refractivity contribution in [3.63, 3.8) is 0 Å². The standard InChI is InChI=1S/C12H18BrNO/c1-9-5-11(7-14(3)8-13)6-10(2)12(9)15-4/h5-6H,7-8H2,1-4H3. The number of benzene rings is 1. The van der Waals surface area contributed by atoms with E-state index >= 15 is 0 Å². The fourth-order valence-corrected chi connectivity index (χ4v) is 1.98. The minimum absolute atomic E-state index is 0.886. The first-order chi connectivity index (χ1) is 7.08.